The van der Waals surface area contributed by atoms with Gasteiger partial charge < -0.3 is 10.1 Å². The van der Waals surface area contributed by atoms with E-state index in [0.29, 0.717) is 11.3 Å². The Morgan fingerprint density at radius 2 is 1.69 bits per heavy atom. The van der Waals surface area contributed by atoms with E-state index in [0.717, 1.165) is 0 Å². The summed E-state index contributed by atoms with van der Waals surface area (Å²) in [6.07, 6.45) is 0.00723. The maximum absolute atomic E-state index is 13.1. The molecule has 0 saturated heterocycles. The van der Waals surface area contributed by atoms with Crippen LogP contribution in [-0.4, -0.2) is 62.2 Å². The van der Waals surface area contributed by atoms with E-state index in [2.05, 4.69) is 5.32 Å². The van der Waals surface area contributed by atoms with E-state index in [4.69, 9.17) is 33.2 Å². The maximum Gasteiger partial charge on any atom is 0.264 e. The third-order valence-electron chi connectivity index (χ3n) is 5.19. The normalized spacial score (nSPS) is 10.5. The minimum atomic E-state index is -4.04. The van der Waals surface area contributed by atoms with Gasteiger partial charge in [-0.2, -0.15) is 5.26 Å². The third kappa shape index (κ3) is 8.54. The van der Waals surface area contributed by atoms with E-state index in [1.165, 1.54) is 61.5 Å². The Balaban J connectivity index is 0.00000533. The summed E-state index contributed by atoms with van der Waals surface area (Å²) in [5.74, 6) is -1.65. The number of carbonyl (C=O) groups excluding carboxylic acids is 3. The fourth-order valence-corrected chi connectivity index (χ4v) is 4.85. The Hall–Kier alpha value is -2.91. The Labute approximate surface area is 257 Å². The second-order valence-electron chi connectivity index (χ2n) is 8.01. The van der Waals surface area contributed by atoms with E-state index in [1.807, 2.05) is 10.8 Å². The number of anilines is 1. The smallest absolute Gasteiger partial charge is 0.264 e. The third-order valence-corrected chi connectivity index (χ3v) is 7.01. The standard InChI is InChI=1S/C26H21Cl2N3O6S.Na/c1-3-24(32)31-38(35,36)20-5-6-22(15(2)8-20)30-25(33)14-37-23-7-4-18(27)12-21(23)26(34)17-9-16(13-29)10-19(28)11-17;/h4-12H,3,14H2,1-2H3,(H,30,33)(H,31,32);. The van der Waals surface area contributed by atoms with Crippen LogP contribution in [-0.2, 0) is 19.6 Å². The number of nitrogens with zero attached hydrogens (tertiary/aromatic N) is 1. The van der Waals surface area contributed by atoms with Crippen LogP contribution in [0.5, 0.6) is 5.75 Å². The number of amides is 2. The van der Waals surface area contributed by atoms with Crippen LogP contribution in [0.4, 0.5) is 5.69 Å². The van der Waals surface area contributed by atoms with Crippen molar-refractivity contribution < 1.29 is 27.5 Å². The molecule has 197 valence electrons. The SMILES string of the molecule is CCC(=O)NS(=O)(=O)c1ccc(NC(=O)COc2ccc(Cl)cc2C(=O)c2cc(Cl)cc(C#N)c2)c(C)c1.[Na]. The van der Waals surface area contributed by atoms with E-state index < -0.39 is 34.2 Å². The maximum atomic E-state index is 13.1. The van der Waals surface area contributed by atoms with Gasteiger partial charge in [0, 0.05) is 57.3 Å². The molecule has 2 N–H and O–H groups in total. The molecule has 3 rings (SSSR count). The molecule has 3 aromatic rings. The summed E-state index contributed by atoms with van der Waals surface area (Å²) in [7, 11) is -4.04. The summed E-state index contributed by atoms with van der Waals surface area (Å²) in [5.41, 5.74) is 1.17. The summed E-state index contributed by atoms with van der Waals surface area (Å²) in [5, 5.41) is 12.2. The average molecular weight is 597 g/mol. The first-order chi connectivity index (χ1) is 17.9. The minimum Gasteiger partial charge on any atom is -0.483 e. The summed E-state index contributed by atoms with van der Waals surface area (Å²) in [4.78, 5) is 37.1. The Bertz CT molecular complexity index is 1590. The number of rotatable bonds is 9. The number of nitrogens with one attached hydrogen (secondary N) is 2. The Morgan fingerprint density at radius 1 is 0.974 bits per heavy atom. The number of aryl methyl sites for hydroxylation is 1. The van der Waals surface area contributed by atoms with Gasteiger partial charge in [0.1, 0.15) is 5.75 Å². The minimum absolute atomic E-state index is 0. The monoisotopic (exact) mass is 596 g/mol. The van der Waals surface area contributed by atoms with Crippen molar-refractivity contribution >= 4 is 86.1 Å². The zero-order chi connectivity index (χ0) is 28.0. The van der Waals surface area contributed by atoms with Gasteiger partial charge in [-0.1, -0.05) is 30.1 Å². The number of hydrogen-bond acceptors (Lipinski definition) is 7. The van der Waals surface area contributed by atoms with Crippen molar-refractivity contribution in [3.63, 3.8) is 0 Å². The molecule has 0 aliphatic rings. The Morgan fingerprint density at radius 3 is 2.33 bits per heavy atom. The first-order valence-electron chi connectivity index (χ1n) is 11.1. The van der Waals surface area contributed by atoms with E-state index in [9.17, 15) is 22.8 Å². The summed E-state index contributed by atoms with van der Waals surface area (Å²) < 4.78 is 32.2. The zero-order valence-electron chi connectivity index (χ0n) is 21.2. The number of benzene rings is 3. The first kappa shape index (κ1) is 32.3. The quantitative estimate of drug-likeness (QED) is 0.277. The second-order valence-corrected chi connectivity index (χ2v) is 10.6. The van der Waals surface area contributed by atoms with E-state index >= 15 is 0 Å². The largest absolute Gasteiger partial charge is 0.483 e. The van der Waals surface area contributed by atoms with Gasteiger partial charge in [-0.15, -0.1) is 0 Å². The van der Waals surface area contributed by atoms with Crippen LogP contribution in [0.1, 0.15) is 40.4 Å². The number of ether oxygens (including phenoxy) is 1. The van der Waals surface area contributed by atoms with Crippen LogP contribution in [0, 0.1) is 18.3 Å². The van der Waals surface area contributed by atoms with Crippen LogP contribution >= 0.6 is 23.2 Å². The molecule has 2 amide bonds. The molecule has 0 unspecified atom stereocenters. The van der Waals surface area contributed by atoms with Crippen molar-refractivity contribution in [2.45, 2.75) is 25.2 Å². The van der Waals surface area contributed by atoms with Gasteiger partial charge in [-0.25, -0.2) is 13.1 Å². The molecular weight excluding hydrogens is 576 g/mol. The predicted octanol–water partition coefficient (Wildman–Crippen LogP) is 4.26. The van der Waals surface area contributed by atoms with Crippen LogP contribution in [0.25, 0.3) is 0 Å². The van der Waals surface area contributed by atoms with Gasteiger partial charge in [-0.3, -0.25) is 14.4 Å². The molecule has 0 aromatic heterocycles. The number of nitriles is 1. The molecule has 3 aromatic carbocycles. The fraction of sp³-hybridized carbons (Fsp3) is 0.154. The van der Waals surface area contributed by atoms with Crippen LogP contribution in [0.15, 0.2) is 59.5 Å². The van der Waals surface area contributed by atoms with Gasteiger partial charge in [0.2, 0.25) is 5.91 Å². The number of carbonyl (C=O) groups is 3. The molecule has 0 atom stereocenters. The van der Waals surface area contributed by atoms with Crippen LogP contribution in [0.2, 0.25) is 10.0 Å². The van der Waals surface area contributed by atoms with Crippen LogP contribution in [0.3, 0.4) is 0 Å². The van der Waals surface area contributed by atoms with Gasteiger partial charge in [0.25, 0.3) is 15.9 Å². The molecule has 0 fully saturated rings. The molecule has 1 radical (unpaired) electrons. The van der Waals surface area contributed by atoms with Gasteiger partial charge >= 0.3 is 0 Å². The molecule has 0 saturated carbocycles. The number of sulfonamides is 1. The topological polar surface area (TPSA) is 142 Å². The van der Waals surface area contributed by atoms with Gasteiger partial charge in [-0.05, 0) is 67.1 Å². The van der Waals surface area contributed by atoms with E-state index in [1.54, 1.807) is 6.92 Å². The number of halogens is 2. The molecule has 0 heterocycles. The van der Waals surface area contributed by atoms with Crippen LogP contribution < -0.4 is 14.8 Å². The second kappa shape index (κ2) is 13.9. The molecule has 0 aliphatic carbocycles. The van der Waals surface area contributed by atoms with Crippen molar-refractivity contribution in [3.8, 4) is 11.8 Å². The average Bonchev–Trinajstić information content (AvgIpc) is 2.87. The van der Waals surface area contributed by atoms with Crippen molar-refractivity contribution in [1.82, 2.24) is 4.72 Å². The first-order valence-corrected chi connectivity index (χ1v) is 13.3. The Kier molecular flexibility index (Phi) is 11.5. The molecule has 39 heavy (non-hydrogen) atoms. The summed E-state index contributed by atoms with van der Waals surface area (Å²) in [6.45, 7) is 2.64. The molecule has 0 spiro atoms. The van der Waals surface area contributed by atoms with Crippen molar-refractivity contribution in [1.29, 1.82) is 5.26 Å². The van der Waals surface area contributed by atoms with Crippen molar-refractivity contribution in [2.75, 3.05) is 11.9 Å². The van der Waals surface area contributed by atoms with Crippen molar-refractivity contribution in [3.05, 3.63) is 86.9 Å². The number of ketones is 1. The fourth-order valence-electron chi connectivity index (χ4n) is 3.30. The zero-order valence-corrected chi connectivity index (χ0v) is 25.5. The molecule has 0 aliphatic heterocycles. The van der Waals surface area contributed by atoms with Gasteiger partial charge in [0.05, 0.1) is 22.1 Å². The molecule has 9 nitrogen and oxygen atoms in total. The molecular formula is C26H21Cl2N3NaO6S. The number of hydrogen-bond donors (Lipinski definition) is 2. The molecule has 13 heteroatoms. The molecule has 0 bridgehead atoms. The van der Waals surface area contributed by atoms with Gasteiger partial charge in [0.15, 0.2) is 12.4 Å². The predicted molar refractivity (Wildman–Crippen MR) is 148 cm³/mol. The van der Waals surface area contributed by atoms with Crippen molar-refractivity contribution in [2.24, 2.45) is 0 Å². The van der Waals surface area contributed by atoms with E-state index in [-0.39, 0.29) is 73.4 Å². The summed E-state index contributed by atoms with van der Waals surface area (Å²) >= 11 is 12.1. The summed E-state index contributed by atoms with van der Waals surface area (Å²) in [6, 6.07) is 14.4.